The SMILES string of the molecule is Cc1nc(C(=O)OCc2ccccc2)c(-c2ccccc2)o1. The van der Waals surface area contributed by atoms with Crippen LogP contribution in [0.15, 0.2) is 65.1 Å². The van der Waals surface area contributed by atoms with Crippen molar-refractivity contribution >= 4 is 5.97 Å². The predicted octanol–water partition coefficient (Wildman–Crippen LogP) is 4.01. The minimum Gasteiger partial charge on any atom is -0.456 e. The van der Waals surface area contributed by atoms with E-state index in [1.165, 1.54) is 0 Å². The van der Waals surface area contributed by atoms with Crippen molar-refractivity contribution in [2.75, 3.05) is 0 Å². The first kappa shape index (κ1) is 14.1. The van der Waals surface area contributed by atoms with E-state index < -0.39 is 5.97 Å². The molecule has 110 valence electrons. The number of hydrogen-bond acceptors (Lipinski definition) is 4. The lowest BCUT2D eigenvalue weighted by molar-refractivity contribution is 0.0467. The van der Waals surface area contributed by atoms with Crippen molar-refractivity contribution in [3.8, 4) is 11.3 Å². The predicted molar refractivity (Wildman–Crippen MR) is 82.2 cm³/mol. The van der Waals surface area contributed by atoms with Gasteiger partial charge in [-0.15, -0.1) is 0 Å². The van der Waals surface area contributed by atoms with Crippen LogP contribution in [-0.4, -0.2) is 11.0 Å². The molecule has 3 aromatic rings. The van der Waals surface area contributed by atoms with Crippen molar-refractivity contribution in [2.45, 2.75) is 13.5 Å². The van der Waals surface area contributed by atoms with Crippen LogP contribution >= 0.6 is 0 Å². The van der Waals surface area contributed by atoms with Gasteiger partial charge in [0.25, 0.3) is 0 Å². The van der Waals surface area contributed by atoms with E-state index in [0.717, 1.165) is 11.1 Å². The lowest BCUT2D eigenvalue weighted by Gasteiger charge is -2.04. The van der Waals surface area contributed by atoms with Gasteiger partial charge in [-0.05, 0) is 5.56 Å². The molecular weight excluding hydrogens is 278 g/mol. The molecule has 0 bridgehead atoms. The van der Waals surface area contributed by atoms with Crippen molar-refractivity contribution in [3.05, 3.63) is 77.8 Å². The smallest absolute Gasteiger partial charge is 0.361 e. The molecule has 4 nitrogen and oxygen atoms in total. The van der Waals surface area contributed by atoms with Crippen molar-refractivity contribution in [1.82, 2.24) is 4.98 Å². The van der Waals surface area contributed by atoms with E-state index in [2.05, 4.69) is 4.98 Å². The Bertz CT molecular complexity index is 764. The van der Waals surface area contributed by atoms with Crippen LogP contribution in [-0.2, 0) is 11.3 Å². The summed E-state index contributed by atoms with van der Waals surface area (Å²) in [5.41, 5.74) is 1.94. The summed E-state index contributed by atoms with van der Waals surface area (Å²) < 4.78 is 10.9. The quantitative estimate of drug-likeness (QED) is 0.682. The van der Waals surface area contributed by atoms with Gasteiger partial charge in [-0.1, -0.05) is 60.7 Å². The minimum atomic E-state index is -0.487. The fourth-order valence-electron chi connectivity index (χ4n) is 2.14. The summed E-state index contributed by atoms with van der Waals surface area (Å²) in [5, 5.41) is 0. The summed E-state index contributed by atoms with van der Waals surface area (Å²) in [5.74, 6) is 0.390. The highest BCUT2D eigenvalue weighted by atomic mass is 16.5. The third-order valence-electron chi connectivity index (χ3n) is 3.18. The van der Waals surface area contributed by atoms with Gasteiger partial charge in [-0.25, -0.2) is 9.78 Å². The van der Waals surface area contributed by atoms with Crippen molar-refractivity contribution in [2.24, 2.45) is 0 Å². The molecule has 4 heteroatoms. The van der Waals surface area contributed by atoms with Crippen LogP contribution in [0, 0.1) is 6.92 Å². The molecule has 0 unspecified atom stereocenters. The number of rotatable bonds is 4. The van der Waals surface area contributed by atoms with Crippen LogP contribution in [0.1, 0.15) is 21.9 Å². The maximum atomic E-state index is 12.3. The summed E-state index contributed by atoms with van der Waals surface area (Å²) in [6.45, 7) is 1.92. The highest BCUT2D eigenvalue weighted by Gasteiger charge is 2.21. The summed E-state index contributed by atoms with van der Waals surface area (Å²) in [6.07, 6.45) is 0. The molecular formula is C18H15NO3. The van der Waals surface area contributed by atoms with E-state index in [0.29, 0.717) is 11.7 Å². The lowest BCUT2D eigenvalue weighted by Crippen LogP contribution is -2.07. The van der Waals surface area contributed by atoms with E-state index in [9.17, 15) is 4.79 Å². The van der Waals surface area contributed by atoms with Gasteiger partial charge in [-0.3, -0.25) is 0 Å². The van der Waals surface area contributed by atoms with Gasteiger partial charge < -0.3 is 9.15 Å². The average Bonchev–Trinajstić information content (AvgIpc) is 2.96. The molecule has 0 aliphatic rings. The monoisotopic (exact) mass is 293 g/mol. The van der Waals surface area contributed by atoms with E-state index in [4.69, 9.17) is 9.15 Å². The second kappa shape index (κ2) is 6.26. The molecule has 0 amide bonds. The van der Waals surface area contributed by atoms with Crippen LogP contribution in [0.4, 0.5) is 0 Å². The first-order valence-electron chi connectivity index (χ1n) is 6.98. The van der Waals surface area contributed by atoms with E-state index in [1.807, 2.05) is 60.7 Å². The third kappa shape index (κ3) is 3.06. The van der Waals surface area contributed by atoms with E-state index in [1.54, 1.807) is 6.92 Å². The Morgan fingerprint density at radius 2 is 1.68 bits per heavy atom. The Labute approximate surface area is 128 Å². The summed E-state index contributed by atoms with van der Waals surface area (Å²) in [6, 6.07) is 18.9. The second-order valence-electron chi connectivity index (χ2n) is 4.84. The van der Waals surface area contributed by atoms with Crippen LogP contribution < -0.4 is 0 Å². The van der Waals surface area contributed by atoms with E-state index >= 15 is 0 Å². The van der Waals surface area contributed by atoms with E-state index in [-0.39, 0.29) is 12.3 Å². The highest BCUT2D eigenvalue weighted by molar-refractivity contribution is 5.93. The number of nitrogens with zero attached hydrogens (tertiary/aromatic N) is 1. The number of hydrogen-bond donors (Lipinski definition) is 0. The molecule has 1 aromatic heterocycles. The second-order valence-corrected chi connectivity index (χ2v) is 4.84. The largest absolute Gasteiger partial charge is 0.456 e. The van der Waals surface area contributed by atoms with Gasteiger partial charge in [-0.2, -0.15) is 0 Å². The Morgan fingerprint density at radius 1 is 1.05 bits per heavy atom. The van der Waals surface area contributed by atoms with Crippen LogP contribution in [0.25, 0.3) is 11.3 Å². The molecule has 0 saturated heterocycles. The Kier molecular flexibility index (Phi) is 4.01. The fraction of sp³-hybridized carbons (Fsp3) is 0.111. The molecule has 0 atom stereocenters. The normalized spacial score (nSPS) is 10.4. The molecule has 1 heterocycles. The molecule has 0 aliphatic heterocycles. The van der Waals surface area contributed by atoms with Crippen LogP contribution in [0.2, 0.25) is 0 Å². The number of esters is 1. The van der Waals surface area contributed by atoms with Crippen LogP contribution in [0.5, 0.6) is 0 Å². The Morgan fingerprint density at radius 3 is 2.36 bits per heavy atom. The first-order chi connectivity index (χ1) is 10.7. The van der Waals surface area contributed by atoms with Gasteiger partial charge in [0, 0.05) is 12.5 Å². The molecule has 22 heavy (non-hydrogen) atoms. The molecule has 0 fully saturated rings. The van der Waals surface area contributed by atoms with Crippen LogP contribution in [0.3, 0.4) is 0 Å². The number of aromatic nitrogens is 1. The van der Waals surface area contributed by atoms with Gasteiger partial charge >= 0.3 is 5.97 Å². The van der Waals surface area contributed by atoms with Gasteiger partial charge in [0.05, 0.1) is 0 Å². The first-order valence-corrected chi connectivity index (χ1v) is 6.98. The summed E-state index contributed by atoms with van der Waals surface area (Å²) in [7, 11) is 0. The Balaban J connectivity index is 1.81. The van der Waals surface area contributed by atoms with Crippen molar-refractivity contribution in [1.29, 1.82) is 0 Å². The number of ether oxygens (including phenoxy) is 1. The maximum Gasteiger partial charge on any atom is 0.361 e. The number of carbonyl (C=O) groups is 1. The number of benzene rings is 2. The standard InChI is InChI=1S/C18H15NO3/c1-13-19-16(17(22-13)15-10-6-3-7-11-15)18(20)21-12-14-8-4-2-5-9-14/h2-11H,12H2,1H3. The third-order valence-corrected chi connectivity index (χ3v) is 3.18. The van der Waals surface area contributed by atoms with Crippen molar-refractivity contribution < 1.29 is 13.9 Å². The highest BCUT2D eigenvalue weighted by Crippen LogP contribution is 2.25. The van der Waals surface area contributed by atoms with Crippen molar-refractivity contribution in [3.63, 3.8) is 0 Å². The molecule has 0 radical (unpaired) electrons. The topological polar surface area (TPSA) is 52.3 Å². The zero-order valence-corrected chi connectivity index (χ0v) is 12.2. The zero-order chi connectivity index (χ0) is 15.4. The number of oxazole rings is 1. The maximum absolute atomic E-state index is 12.3. The zero-order valence-electron chi connectivity index (χ0n) is 12.2. The average molecular weight is 293 g/mol. The molecule has 0 spiro atoms. The lowest BCUT2D eigenvalue weighted by atomic mass is 10.1. The minimum absolute atomic E-state index is 0.208. The summed E-state index contributed by atoms with van der Waals surface area (Å²) >= 11 is 0. The molecule has 0 saturated carbocycles. The molecule has 3 rings (SSSR count). The molecule has 2 aromatic carbocycles. The number of aryl methyl sites for hydroxylation is 1. The fourth-order valence-corrected chi connectivity index (χ4v) is 2.14. The summed E-state index contributed by atoms with van der Waals surface area (Å²) in [4.78, 5) is 16.4. The van der Waals surface area contributed by atoms with Gasteiger partial charge in [0.1, 0.15) is 6.61 Å². The molecule has 0 aliphatic carbocycles. The number of carbonyl (C=O) groups excluding carboxylic acids is 1. The molecule has 0 N–H and O–H groups in total. The van der Waals surface area contributed by atoms with Gasteiger partial charge in [0.2, 0.25) is 0 Å². The van der Waals surface area contributed by atoms with Gasteiger partial charge in [0.15, 0.2) is 17.3 Å². The Hall–Kier alpha value is -2.88.